The van der Waals surface area contributed by atoms with Gasteiger partial charge in [0.1, 0.15) is 6.20 Å². The fourth-order valence-corrected chi connectivity index (χ4v) is 0.911. The molecule has 0 unspecified atom stereocenters. The Kier molecular flexibility index (Phi) is 1.25. The minimum Gasteiger partial charge on any atom is -0.285 e. The molecule has 0 bridgehead atoms. The van der Waals surface area contributed by atoms with Crippen LogP contribution in [0.3, 0.4) is 0 Å². The molecule has 0 fully saturated rings. The zero-order valence-corrected chi connectivity index (χ0v) is 6.07. The van der Waals surface area contributed by atoms with Gasteiger partial charge in [-0.2, -0.15) is 10.2 Å². The van der Waals surface area contributed by atoms with E-state index in [4.69, 9.17) is 0 Å². The number of aromatic nitrogens is 4. The molecule has 4 nitrogen and oxygen atoms in total. The van der Waals surface area contributed by atoms with Crippen molar-refractivity contribution >= 4 is 0 Å². The Bertz CT molecular complexity index is 333. The lowest BCUT2D eigenvalue weighted by atomic mass is 10.3. The summed E-state index contributed by atoms with van der Waals surface area (Å²) in [5.74, 6) is 0. The second-order valence-corrected chi connectivity index (χ2v) is 2.29. The Morgan fingerprint density at radius 1 is 1.64 bits per heavy atom. The van der Waals surface area contributed by atoms with Crippen LogP contribution in [0.15, 0.2) is 18.5 Å². The summed E-state index contributed by atoms with van der Waals surface area (Å²) in [6.07, 6.45) is 6.48. The second-order valence-electron chi connectivity index (χ2n) is 2.29. The van der Waals surface area contributed by atoms with E-state index in [0.717, 1.165) is 11.3 Å². The van der Waals surface area contributed by atoms with E-state index in [9.17, 15) is 0 Å². The third-order valence-electron chi connectivity index (χ3n) is 1.42. The van der Waals surface area contributed by atoms with E-state index in [-0.39, 0.29) is 0 Å². The first-order valence-electron chi connectivity index (χ1n) is 3.28. The van der Waals surface area contributed by atoms with Crippen molar-refractivity contribution < 1.29 is 0 Å². The predicted molar refractivity (Wildman–Crippen MR) is 39.6 cm³/mol. The largest absolute Gasteiger partial charge is 0.285 e. The van der Waals surface area contributed by atoms with E-state index in [1.165, 1.54) is 0 Å². The molecule has 0 aromatic carbocycles. The van der Waals surface area contributed by atoms with Crippen molar-refractivity contribution in [1.29, 1.82) is 0 Å². The normalized spacial score (nSPS) is 10.3. The molecule has 0 aliphatic heterocycles. The first-order valence-corrected chi connectivity index (χ1v) is 3.28. The number of H-pyrrole nitrogens is 1. The van der Waals surface area contributed by atoms with E-state index < -0.39 is 0 Å². The zero-order chi connectivity index (χ0) is 7.68. The van der Waals surface area contributed by atoms with Gasteiger partial charge in [0.2, 0.25) is 0 Å². The lowest BCUT2D eigenvalue weighted by molar-refractivity contribution is 0.765. The van der Waals surface area contributed by atoms with Gasteiger partial charge >= 0.3 is 0 Å². The average molecular weight is 147 g/mol. The van der Waals surface area contributed by atoms with Gasteiger partial charge in [-0.1, -0.05) is 0 Å². The molecule has 0 saturated heterocycles. The van der Waals surface area contributed by atoms with Gasteiger partial charge in [0, 0.05) is 25.0 Å². The van der Waals surface area contributed by atoms with E-state index in [2.05, 4.69) is 21.5 Å². The molecular formula is C7H7N4. The first kappa shape index (κ1) is 6.15. The van der Waals surface area contributed by atoms with E-state index >= 15 is 0 Å². The van der Waals surface area contributed by atoms with Crippen LogP contribution in [0.5, 0.6) is 0 Å². The van der Waals surface area contributed by atoms with Crippen LogP contribution in [-0.4, -0.2) is 20.0 Å². The van der Waals surface area contributed by atoms with Crippen LogP contribution in [0.2, 0.25) is 0 Å². The van der Waals surface area contributed by atoms with Crippen molar-refractivity contribution in [3.63, 3.8) is 0 Å². The summed E-state index contributed by atoms with van der Waals surface area (Å²) in [7, 11) is 1.85. The molecule has 2 heterocycles. The van der Waals surface area contributed by atoms with Gasteiger partial charge in [-0.15, -0.1) is 0 Å². The minimum absolute atomic E-state index is 0.873. The number of aromatic amines is 1. The Morgan fingerprint density at radius 3 is 3.09 bits per heavy atom. The molecule has 1 radical (unpaired) electrons. The van der Waals surface area contributed by atoms with Crippen LogP contribution < -0.4 is 0 Å². The highest BCUT2D eigenvalue weighted by molar-refractivity contribution is 5.54. The number of hydrogen-bond donors (Lipinski definition) is 1. The van der Waals surface area contributed by atoms with Gasteiger partial charge < -0.3 is 0 Å². The van der Waals surface area contributed by atoms with Gasteiger partial charge in [-0.05, 0) is 6.07 Å². The van der Waals surface area contributed by atoms with Gasteiger partial charge in [0.15, 0.2) is 0 Å². The maximum atomic E-state index is 3.99. The summed E-state index contributed by atoms with van der Waals surface area (Å²) < 4.78 is 1.70. The quantitative estimate of drug-likeness (QED) is 0.642. The molecule has 55 valence electrons. The maximum absolute atomic E-state index is 3.99. The Balaban J connectivity index is 2.45. The molecule has 11 heavy (non-hydrogen) atoms. The third kappa shape index (κ3) is 1.02. The van der Waals surface area contributed by atoms with Crippen LogP contribution in [0.1, 0.15) is 0 Å². The van der Waals surface area contributed by atoms with Crippen molar-refractivity contribution in [3.8, 4) is 11.3 Å². The Hall–Kier alpha value is -1.58. The van der Waals surface area contributed by atoms with E-state index in [1.54, 1.807) is 10.9 Å². The SMILES string of the molecule is Cn1cc(-c2cc[nH]n2)[c]n1. The molecule has 0 amide bonds. The molecule has 0 aliphatic rings. The molecule has 0 spiro atoms. The van der Waals surface area contributed by atoms with Crippen LogP contribution in [0.4, 0.5) is 0 Å². The molecule has 1 N–H and O–H groups in total. The van der Waals surface area contributed by atoms with Crippen molar-refractivity contribution in [3.05, 3.63) is 24.7 Å². The summed E-state index contributed by atoms with van der Waals surface area (Å²) in [6.45, 7) is 0. The fraction of sp³-hybridized carbons (Fsp3) is 0.143. The topological polar surface area (TPSA) is 46.5 Å². The lowest BCUT2D eigenvalue weighted by Gasteiger charge is -1.84. The molecule has 2 aromatic heterocycles. The van der Waals surface area contributed by atoms with Crippen molar-refractivity contribution in [2.24, 2.45) is 7.05 Å². The summed E-state index contributed by atoms with van der Waals surface area (Å²) in [5.41, 5.74) is 1.78. The van der Waals surface area contributed by atoms with Crippen LogP contribution >= 0.6 is 0 Å². The summed E-state index contributed by atoms with van der Waals surface area (Å²) in [4.78, 5) is 0. The monoisotopic (exact) mass is 147 g/mol. The molecule has 0 saturated carbocycles. The second kappa shape index (κ2) is 2.23. The van der Waals surface area contributed by atoms with Crippen LogP contribution in [0.25, 0.3) is 11.3 Å². The van der Waals surface area contributed by atoms with Crippen molar-refractivity contribution in [2.75, 3.05) is 0 Å². The van der Waals surface area contributed by atoms with Crippen LogP contribution in [0, 0.1) is 6.20 Å². The van der Waals surface area contributed by atoms with Crippen molar-refractivity contribution in [1.82, 2.24) is 20.0 Å². The van der Waals surface area contributed by atoms with Crippen LogP contribution in [-0.2, 0) is 7.05 Å². The lowest BCUT2D eigenvalue weighted by Crippen LogP contribution is -1.84. The smallest absolute Gasteiger partial charge is 0.123 e. The zero-order valence-electron chi connectivity index (χ0n) is 6.07. The Labute approximate surface area is 63.9 Å². The number of hydrogen-bond acceptors (Lipinski definition) is 2. The van der Waals surface area contributed by atoms with Gasteiger partial charge in [0.05, 0.1) is 5.69 Å². The fourth-order valence-electron chi connectivity index (χ4n) is 0.911. The molecule has 2 aromatic rings. The number of rotatable bonds is 1. The number of nitrogens with one attached hydrogen (secondary N) is 1. The summed E-state index contributed by atoms with van der Waals surface area (Å²) in [6, 6.07) is 1.88. The maximum Gasteiger partial charge on any atom is 0.123 e. The number of aryl methyl sites for hydroxylation is 1. The van der Waals surface area contributed by atoms with Gasteiger partial charge in [-0.25, -0.2) is 0 Å². The number of nitrogens with zero attached hydrogens (tertiary/aromatic N) is 3. The predicted octanol–water partition coefficient (Wildman–Crippen LogP) is 0.610. The van der Waals surface area contributed by atoms with E-state index in [1.807, 2.05) is 19.3 Å². The summed E-state index contributed by atoms with van der Waals surface area (Å²) >= 11 is 0. The van der Waals surface area contributed by atoms with Crippen molar-refractivity contribution in [2.45, 2.75) is 0 Å². The highest BCUT2D eigenvalue weighted by Crippen LogP contribution is 2.12. The molecule has 2 rings (SSSR count). The third-order valence-corrected chi connectivity index (χ3v) is 1.42. The van der Waals surface area contributed by atoms with E-state index in [0.29, 0.717) is 0 Å². The molecule has 0 atom stereocenters. The first-order chi connectivity index (χ1) is 5.36. The van der Waals surface area contributed by atoms with Gasteiger partial charge in [-0.3, -0.25) is 9.78 Å². The molecule has 4 heteroatoms. The highest BCUT2D eigenvalue weighted by Gasteiger charge is 2.00. The summed E-state index contributed by atoms with van der Waals surface area (Å²) in [5, 5.41) is 10.6. The Morgan fingerprint density at radius 2 is 2.55 bits per heavy atom. The van der Waals surface area contributed by atoms with Gasteiger partial charge in [0.25, 0.3) is 0 Å². The molecule has 0 aliphatic carbocycles. The molecular weight excluding hydrogens is 140 g/mol. The minimum atomic E-state index is 0.873. The standard InChI is InChI=1S/C7H7N4/c1-11-5-6(4-9-11)7-2-3-8-10-7/h2-3,5H,1H3,(H,8,10). The average Bonchev–Trinajstić information content (AvgIpc) is 2.55. The highest BCUT2D eigenvalue weighted by atomic mass is 15.2.